The van der Waals surface area contributed by atoms with Gasteiger partial charge in [-0.15, -0.1) is 0 Å². The van der Waals surface area contributed by atoms with Crippen LogP contribution < -0.4 is 0 Å². The topological polar surface area (TPSA) is 46.6 Å². The highest BCUT2D eigenvalue weighted by Crippen LogP contribution is 2.24. The normalized spacial score (nSPS) is 13.0. The van der Waals surface area contributed by atoms with Gasteiger partial charge in [-0.1, -0.05) is 233 Å². The van der Waals surface area contributed by atoms with Crippen LogP contribution in [0.1, 0.15) is 253 Å². The number of unbranched alkanes of at least 4 members (excludes halogenated alkanes) is 20. The van der Waals surface area contributed by atoms with Crippen LogP contribution in [-0.2, 0) is 14.3 Å². The first-order valence-electron chi connectivity index (χ1n) is 25.6. The molecule has 0 fully saturated rings. The highest BCUT2D eigenvalue weighted by atomic mass is 16.5. The number of nitrogens with zero attached hydrogens (tertiary/aromatic N) is 1. The van der Waals surface area contributed by atoms with Crippen molar-refractivity contribution in [2.45, 2.75) is 260 Å². The molecule has 0 aromatic rings. The number of rotatable bonds is 41. The predicted octanol–water partition coefficient (Wildman–Crippen LogP) is 16.6. The first-order valence-corrected chi connectivity index (χ1v) is 25.6. The Morgan fingerprint density at radius 1 is 0.466 bits per heavy atom. The molecule has 2 aliphatic rings. The minimum absolute atomic E-state index is 0.00578. The Bertz CT molecular complexity index is 881. The van der Waals surface area contributed by atoms with Crippen molar-refractivity contribution < 1.29 is 14.3 Å². The Morgan fingerprint density at radius 2 is 0.759 bits per heavy atom. The van der Waals surface area contributed by atoms with E-state index in [1.54, 1.807) is 0 Å². The first kappa shape index (κ1) is 56.7. The monoisotopic (exact) mass is 812 g/mol. The van der Waals surface area contributed by atoms with E-state index in [4.69, 9.17) is 4.74 Å². The van der Waals surface area contributed by atoms with E-state index < -0.39 is 0 Å². The Hall–Kier alpha value is -1.26. The summed E-state index contributed by atoms with van der Waals surface area (Å²) in [7, 11) is 4.07. The maximum Gasteiger partial charge on any atom is 0.159 e. The van der Waals surface area contributed by atoms with Crippen molar-refractivity contribution in [1.29, 1.82) is 0 Å². The third-order valence-corrected chi connectivity index (χ3v) is 12.0. The zero-order chi connectivity index (χ0) is 42.9. The quantitative estimate of drug-likeness (QED) is 0.0577. The SMILES string of the molecule is CCCCCCCCC(C)CCCCCCCC.CCCCCCCCC(C)CCCCCCCC.CN(C)CCCOC(CCC(=O)C1=C[CH]1)CCC(=O)C1=C[CH]1. The molecule has 2 rings (SSSR count). The number of allylic oxidation sites excluding steroid dienone is 4. The van der Waals surface area contributed by atoms with Gasteiger partial charge in [0.2, 0.25) is 0 Å². The lowest BCUT2D eigenvalue weighted by atomic mass is 9.96. The third-order valence-electron chi connectivity index (χ3n) is 12.0. The summed E-state index contributed by atoms with van der Waals surface area (Å²) in [6, 6.07) is 0. The number of carbonyl (C=O) groups is 2. The van der Waals surface area contributed by atoms with E-state index in [-0.39, 0.29) is 17.7 Å². The third kappa shape index (κ3) is 41.5. The van der Waals surface area contributed by atoms with Crippen molar-refractivity contribution in [2.75, 3.05) is 27.2 Å². The molecule has 0 aromatic carbocycles. The van der Waals surface area contributed by atoms with Crippen LogP contribution in [0.5, 0.6) is 0 Å². The number of ketones is 2. The maximum atomic E-state index is 11.7. The van der Waals surface area contributed by atoms with Crippen LogP contribution in [0.25, 0.3) is 0 Å². The zero-order valence-electron chi connectivity index (χ0n) is 40.5. The average molecular weight is 812 g/mol. The van der Waals surface area contributed by atoms with E-state index in [1.165, 1.54) is 180 Å². The molecule has 4 nitrogen and oxygen atoms in total. The Kier molecular flexibility index (Phi) is 41.5. The lowest BCUT2D eigenvalue weighted by Gasteiger charge is -2.18. The van der Waals surface area contributed by atoms with E-state index >= 15 is 0 Å². The molecule has 0 heterocycles. The molecule has 0 aromatic heterocycles. The van der Waals surface area contributed by atoms with E-state index in [0.29, 0.717) is 32.3 Å². The number of Topliss-reactive ketones (excluding diaryl/α,β-unsaturated/α-hetero) is 2. The molecule has 0 N–H and O–H groups in total. The molecule has 0 unspecified atom stereocenters. The number of ether oxygens (including phenoxy) is 1. The maximum absolute atomic E-state index is 11.7. The Labute approximate surface area is 364 Å². The minimum atomic E-state index is -0.00578. The van der Waals surface area contributed by atoms with Crippen molar-refractivity contribution in [3.8, 4) is 0 Å². The first-order chi connectivity index (χ1) is 28.2. The van der Waals surface area contributed by atoms with Crippen LogP contribution in [0.3, 0.4) is 0 Å². The Balaban J connectivity index is 0.000000849. The molecule has 2 aliphatic carbocycles. The molecule has 0 bridgehead atoms. The van der Waals surface area contributed by atoms with Gasteiger partial charge in [-0.05, 0) is 62.9 Å². The summed E-state index contributed by atoms with van der Waals surface area (Å²) in [6.45, 7) is 15.7. The van der Waals surface area contributed by atoms with Crippen molar-refractivity contribution in [3.63, 3.8) is 0 Å². The van der Waals surface area contributed by atoms with Gasteiger partial charge in [-0.25, -0.2) is 0 Å². The summed E-state index contributed by atoms with van der Waals surface area (Å²) < 4.78 is 5.90. The lowest BCUT2D eigenvalue weighted by molar-refractivity contribution is -0.116. The molecule has 0 saturated heterocycles. The summed E-state index contributed by atoms with van der Waals surface area (Å²) in [5.74, 6) is 2.32. The van der Waals surface area contributed by atoms with Crippen LogP contribution in [0.15, 0.2) is 23.3 Å². The fourth-order valence-corrected chi connectivity index (χ4v) is 7.65. The fraction of sp³-hybridized carbons (Fsp3) is 0.852. The van der Waals surface area contributed by atoms with E-state index in [9.17, 15) is 9.59 Å². The second-order valence-corrected chi connectivity index (χ2v) is 18.6. The fourth-order valence-electron chi connectivity index (χ4n) is 7.65. The molecular weight excluding hydrogens is 711 g/mol. The number of hydrogen-bond acceptors (Lipinski definition) is 4. The predicted molar refractivity (Wildman–Crippen MR) is 256 cm³/mol. The van der Waals surface area contributed by atoms with Gasteiger partial charge in [0.05, 0.1) is 6.10 Å². The van der Waals surface area contributed by atoms with Crippen LogP contribution in [0.2, 0.25) is 0 Å². The number of carbonyl (C=O) groups excluding carboxylic acids is 2. The van der Waals surface area contributed by atoms with E-state index in [0.717, 1.165) is 35.9 Å². The van der Waals surface area contributed by atoms with Crippen molar-refractivity contribution >= 4 is 11.6 Å². The molecule has 0 atom stereocenters. The highest BCUT2D eigenvalue weighted by molar-refractivity contribution is 6.03. The van der Waals surface area contributed by atoms with Crippen LogP contribution in [0, 0.1) is 24.7 Å². The number of hydrogen-bond donors (Lipinski definition) is 0. The van der Waals surface area contributed by atoms with E-state index in [2.05, 4.69) is 46.4 Å². The van der Waals surface area contributed by atoms with E-state index in [1.807, 2.05) is 39.1 Å². The summed E-state index contributed by atoms with van der Waals surface area (Å²) in [4.78, 5) is 25.6. The molecule has 0 saturated carbocycles. The van der Waals surface area contributed by atoms with Crippen molar-refractivity contribution in [3.05, 3.63) is 36.1 Å². The molecule has 0 amide bonds. The van der Waals surface area contributed by atoms with Gasteiger partial charge in [0.25, 0.3) is 0 Å². The molecule has 340 valence electrons. The van der Waals surface area contributed by atoms with Gasteiger partial charge < -0.3 is 9.64 Å². The van der Waals surface area contributed by atoms with Gasteiger partial charge in [0.15, 0.2) is 11.6 Å². The van der Waals surface area contributed by atoms with Crippen LogP contribution in [-0.4, -0.2) is 49.8 Å². The summed E-state index contributed by atoms with van der Waals surface area (Å²) in [5.41, 5.74) is 1.67. The minimum Gasteiger partial charge on any atom is -0.378 e. The second kappa shape index (κ2) is 42.4. The van der Waals surface area contributed by atoms with Crippen LogP contribution in [0.4, 0.5) is 0 Å². The van der Waals surface area contributed by atoms with Gasteiger partial charge >= 0.3 is 0 Å². The molecule has 0 aliphatic heterocycles. The summed E-state index contributed by atoms with van der Waals surface area (Å²) in [6.07, 6.45) is 51.3. The average Bonchev–Trinajstić information content (AvgIpc) is 4.14. The molecule has 0 spiro atoms. The van der Waals surface area contributed by atoms with Gasteiger partial charge in [-0.2, -0.15) is 0 Å². The standard InChI is InChI=1S/C18H25NO3.2C18H38/c1-19(2)12-3-13-22-16(8-10-17(20)14-4-5-14)9-11-18(21)15-6-7-15;2*1-4-6-8-10-12-14-16-18(3)17-15-13-11-9-7-5-2/h4-7,16H,3,8-13H2,1-2H3;2*18H,4-17H2,1-3H3. The smallest absolute Gasteiger partial charge is 0.159 e. The van der Waals surface area contributed by atoms with Gasteiger partial charge in [-0.3, -0.25) is 9.59 Å². The lowest BCUT2D eigenvalue weighted by Crippen LogP contribution is -2.20. The molecular formula is C54H101NO3. The molecule has 58 heavy (non-hydrogen) atoms. The molecule has 4 heteroatoms. The summed E-state index contributed by atoms with van der Waals surface area (Å²) in [5, 5.41) is 0. The van der Waals surface area contributed by atoms with Gasteiger partial charge in [0, 0.05) is 32.3 Å². The largest absolute Gasteiger partial charge is 0.378 e. The van der Waals surface area contributed by atoms with Crippen molar-refractivity contribution in [2.24, 2.45) is 11.8 Å². The Morgan fingerprint density at radius 3 is 1.03 bits per heavy atom. The van der Waals surface area contributed by atoms with Crippen molar-refractivity contribution in [1.82, 2.24) is 4.90 Å². The van der Waals surface area contributed by atoms with Gasteiger partial charge in [0.1, 0.15) is 0 Å². The summed E-state index contributed by atoms with van der Waals surface area (Å²) >= 11 is 0. The zero-order valence-corrected chi connectivity index (χ0v) is 40.5. The molecule has 2 radical (unpaired) electrons. The van der Waals surface area contributed by atoms with Crippen LogP contribution >= 0.6 is 0 Å². The second-order valence-electron chi connectivity index (χ2n) is 18.6. The highest BCUT2D eigenvalue weighted by Gasteiger charge is 2.22.